The Morgan fingerprint density at radius 2 is 2.13 bits per heavy atom. The molecule has 0 radical (unpaired) electrons. The summed E-state index contributed by atoms with van der Waals surface area (Å²) < 4.78 is 5.78. The van der Waals surface area contributed by atoms with Crippen LogP contribution in [0, 0.1) is 11.3 Å². The summed E-state index contributed by atoms with van der Waals surface area (Å²) in [5.41, 5.74) is 0.575. The normalized spacial score (nSPS) is 17.3. The van der Waals surface area contributed by atoms with Crippen LogP contribution in [-0.2, 0) is 0 Å². The topological polar surface area (TPSA) is 92.0 Å². The average molecular weight is 309 g/mol. The molecule has 0 unspecified atom stereocenters. The zero-order valence-corrected chi connectivity index (χ0v) is 12.4. The third kappa shape index (κ3) is 3.43. The fourth-order valence-electron chi connectivity index (χ4n) is 2.52. The first kappa shape index (κ1) is 14.9. The molecule has 7 heteroatoms. The number of ether oxygens (including phenoxy) is 1. The molecule has 1 fully saturated rings. The number of nitriles is 1. The molecular weight excluding hydrogens is 294 g/mol. The minimum Gasteiger partial charge on any atom is -0.470 e. The molecule has 1 aliphatic heterocycles. The van der Waals surface area contributed by atoms with Crippen molar-refractivity contribution in [3.8, 4) is 11.9 Å². The number of likely N-dealkylation sites (tertiary alicyclic amines) is 1. The van der Waals surface area contributed by atoms with Gasteiger partial charge in [0, 0.05) is 25.1 Å². The minimum atomic E-state index is -0.208. The van der Waals surface area contributed by atoms with Crippen LogP contribution < -0.4 is 4.74 Å². The third-order valence-electron chi connectivity index (χ3n) is 3.60. The first-order valence-electron chi connectivity index (χ1n) is 7.36. The zero-order chi connectivity index (χ0) is 16.1. The summed E-state index contributed by atoms with van der Waals surface area (Å²) in [6.07, 6.45) is 5.95. The van der Waals surface area contributed by atoms with E-state index in [1.165, 1.54) is 12.4 Å². The highest BCUT2D eigenvalue weighted by molar-refractivity contribution is 5.92. The molecule has 116 valence electrons. The summed E-state index contributed by atoms with van der Waals surface area (Å²) in [5.74, 6) is 0.102. The second-order valence-electron chi connectivity index (χ2n) is 5.17. The van der Waals surface area contributed by atoms with Crippen molar-refractivity contribution in [2.24, 2.45) is 0 Å². The van der Waals surface area contributed by atoms with Gasteiger partial charge < -0.3 is 9.64 Å². The minimum absolute atomic E-state index is 0.112. The predicted octanol–water partition coefficient (Wildman–Crippen LogP) is 1.43. The molecule has 7 nitrogen and oxygen atoms in total. The summed E-state index contributed by atoms with van der Waals surface area (Å²) in [4.78, 5) is 26.2. The molecule has 1 saturated heterocycles. The Balaban J connectivity index is 1.69. The van der Waals surface area contributed by atoms with Crippen molar-refractivity contribution in [1.82, 2.24) is 19.9 Å². The van der Waals surface area contributed by atoms with Gasteiger partial charge in [0.1, 0.15) is 17.9 Å². The van der Waals surface area contributed by atoms with Crippen molar-refractivity contribution in [2.45, 2.75) is 18.9 Å². The molecule has 0 spiro atoms. The van der Waals surface area contributed by atoms with E-state index in [9.17, 15) is 4.79 Å². The van der Waals surface area contributed by atoms with Gasteiger partial charge in [-0.3, -0.25) is 9.78 Å². The number of rotatable bonds is 3. The smallest absolute Gasteiger partial charge is 0.272 e. The van der Waals surface area contributed by atoms with Crippen molar-refractivity contribution in [2.75, 3.05) is 13.1 Å². The molecule has 0 bridgehead atoms. The second kappa shape index (κ2) is 6.83. The van der Waals surface area contributed by atoms with Crippen LogP contribution in [0.15, 0.2) is 36.8 Å². The fraction of sp³-hybridized carbons (Fsp3) is 0.312. The molecule has 1 amide bonds. The highest BCUT2D eigenvalue weighted by atomic mass is 16.5. The Kier molecular flexibility index (Phi) is 4.43. The zero-order valence-electron chi connectivity index (χ0n) is 12.4. The van der Waals surface area contributed by atoms with Gasteiger partial charge in [0.25, 0.3) is 11.8 Å². The van der Waals surface area contributed by atoms with Crippen molar-refractivity contribution in [1.29, 1.82) is 5.26 Å². The lowest BCUT2D eigenvalue weighted by Gasteiger charge is -2.32. The molecule has 1 aliphatic rings. The molecule has 0 aromatic carbocycles. The second-order valence-corrected chi connectivity index (χ2v) is 5.17. The van der Waals surface area contributed by atoms with Gasteiger partial charge in [0.15, 0.2) is 0 Å². The number of amides is 1. The molecule has 0 N–H and O–H groups in total. The number of nitrogens with zero attached hydrogens (tertiary/aromatic N) is 5. The van der Waals surface area contributed by atoms with E-state index in [4.69, 9.17) is 10.00 Å². The maximum absolute atomic E-state index is 12.4. The first-order chi connectivity index (χ1) is 11.3. The highest BCUT2D eigenvalue weighted by Gasteiger charge is 2.27. The molecule has 0 saturated carbocycles. The lowest BCUT2D eigenvalue weighted by Crippen LogP contribution is -2.44. The maximum Gasteiger partial charge on any atom is 0.272 e. The first-order valence-corrected chi connectivity index (χ1v) is 7.36. The van der Waals surface area contributed by atoms with E-state index in [2.05, 4.69) is 15.0 Å². The number of hydrogen-bond donors (Lipinski definition) is 0. The summed E-state index contributed by atoms with van der Waals surface area (Å²) in [5, 5.41) is 9.03. The third-order valence-corrected chi connectivity index (χ3v) is 3.60. The van der Waals surface area contributed by atoms with Crippen LogP contribution in [0.2, 0.25) is 0 Å². The molecule has 2 aromatic rings. The van der Waals surface area contributed by atoms with Gasteiger partial charge in [-0.15, -0.1) is 0 Å². The Labute approximate surface area is 133 Å². The van der Waals surface area contributed by atoms with Crippen molar-refractivity contribution < 1.29 is 9.53 Å². The van der Waals surface area contributed by atoms with Crippen LogP contribution in [0.5, 0.6) is 5.88 Å². The quantitative estimate of drug-likeness (QED) is 0.851. The summed E-state index contributed by atoms with van der Waals surface area (Å²) in [6, 6.07) is 7.22. The van der Waals surface area contributed by atoms with Crippen LogP contribution >= 0.6 is 0 Å². The van der Waals surface area contributed by atoms with Crippen molar-refractivity contribution >= 4 is 5.91 Å². The van der Waals surface area contributed by atoms with Gasteiger partial charge in [0.05, 0.1) is 6.54 Å². The van der Waals surface area contributed by atoms with E-state index < -0.39 is 0 Å². The number of hydrogen-bond acceptors (Lipinski definition) is 6. The standard InChI is InChI=1S/C16H15N5O2/c17-10-14-15(20-8-7-19-14)23-12-4-3-9-21(11-12)16(22)13-5-1-2-6-18-13/h1-2,5-8,12H,3-4,9,11H2/t12-/m0/s1. The van der Waals surface area contributed by atoms with E-state index >= 15 is 0 Å². The highest BCUT2D eigenvalue weighted by Crippen LogP contribution is 2.19. The summed E-state index contributed by atoms with van der Waals surface area (Å²) >= 11 is 0. The average Bonchev–Trinajstić information content (AvgIpc) is 2.62. The largest absolute Gasteiger partial charge is 0.470 e. The summed E-state index contributed by atoms with van der Waals surface area (Å²) in [7, 11) is 0. The van der Waals surface area contributed by atoms with Crippen LogP contribution in [0.4, 0.5) is 0 Å². The number of carbonyl (C=O) groups excluding carboxylic acids is 1. The molecule has 2 aromatic heterocycles. The van der Waals surface area contributed by atoms with Crippen LogP contribution in [0.3, 0.4) is 0 Å². The lowest BCUT2D eigenvalue weighted by molar-refractivity contribution is 0.0521. The Morgan fingerprint density at radius 3 is 2.91 bits per heavy atom. The van der Waals surface area contributed by atoms with E-state index in [-0.39, 0.29) is 23.6 Å². The molecule has 3 rings (SSSR count). The monoisotopic (exact) mass is 309 g/mol. The Hall–Kier alpha value is -3.01. The van der Waals surface area contributed by atoms with Gasteiger partial charge >= 0.3 is 0 Å². The van der Waals surface area contributed by atoms with Gasteiger partial charge in [-0.05, 0) is 25.0 Å². The SMILES string of the molecule is N#Cc1nccnc1O[C@H]1CCCN(C(=O)c2ccccn2)C1. The Bertz CT molecular complexity index is 729. The van der Waals surface area contributed by atoms with Crippen molar-refractivity contribution in [3.05, 3.63) is 48.2 Å². The Morgan fingerprint density at radius 1 is 1.26 bits per heavy atom. The molecule has 3 heterocycles. The molecule has 0 aliphatic carbocycles. The molecule has 1 atom stereocenters. The van der Waals surface area contributed by atoms with Gasteiger partial charge in [-0.25, -0.2) is 9.97 Å². The van der Waals surface area contributed by atoms with E-state index in [0.717, 1.165) is 12.8 Å². The van der Waals surface area contributed by atoms with E-state index in [1.54, 1.807) is 29.3 Å². The van der Waals surface area contributed by atoms with Crippen LogP contribution in [-0.4, -0.2) is 45.0 Å². The van der Waals surface area contributed by atoms with Gasteiger partial charge in [-0.2, -0.15) is 5.26 Å². The number of pyridine rings is 1. The van der Waals surface area contributed by atoms with Crippen LogP contribution in [0.25, 0.3) is 0 Å². The van der Waals surface area contributed by atoms with Gasteiger partial charge in [0.2, 0.25) is 5.69 Å². The number of piperidine rings is 1. The van der Waals surface area contributed by atoms with E-state index in [0.29, 0.717) is 18.8 Å². The van der Waals surface area contributed by atoms with Crippen molar-refractivity contribution in [3.63, 3.8) is 0 Å². The maximum atomic E-state index is 12.4. The molecule has 23 heavy (non-hydrogen) atoms. The van der Waals surface area contributed by atoms with E-state index in [1.807, 2.05) is 6.07 Å². The predicted molar refractivity (Wildman–Crippen MR) is 80.5 cm³/mol. The molecular formula is C16H15N5O2. The fourth-order valence-corrected chi connectivity index (χ4v) is 2.52. The lowest BCUT2D eigenvalue weighted by atomic mass is 10.1. The van der Waals surface area contributed by atoms with Gasteiger partial charge in [-0.1, -0.05) is 6.07 Å². The number of aromatic nitrogens is 3. The van der Waals surface area contributed by atoms with Crippen LogP contribution in [0.1, 0.15) is 29.0 Å². The summed E-state index contributed by atoms with van der Waals surface area (Å²) in [6.45, 7) is 1.11. The number of carbonyl (C=O) groups is 1.